The predicted molar refractivity (Wildman–Crippen MR) is 70.7 cm³/mol. The van der Waals surface area contributed by atoms with E-state index in [0.29, 0.717) is 0 Å². The van der Waals surface area contributed by atoms with E-state index >= 15 is 0 Å². The molecule has 0 fully saturated rings. The van der Waals surface area contributed by atoms with Gasteiger partial charge < -0.3 is 9.53 Å². The second-order valence-corrected chi connectivity index (χ2v) is 7.35. The van der Waals surface area contributed by atoms with E-state index in [4.69, 9.17) is 9.53 Å². The molecule has 0 aliphatic heterocycles. The van der Waals surface area contributed by atoms with E-state index in [1.807, 2.05) is 18.2 Å². The van der Waals surface area contributed by atoms with Gasteiger partial charge in [0.15, 0.2) is 0 Å². The Morgan fingerprint density at radius 3 is 2.44 bits per heavy atom. The molecule has 3 heteroatoms. The van der Waals surface area contributed by atoms with E-state index in [1.54, 1.807) is 0 Å². The van der Waals surface area contributed by atoms with Gasteiger partial charge in [-0.2, -0.15) is 0 Å². The summed E-state index contributed by atoms with van der Waals surface area (Å²) < 4.78 is 5.94. The summed E-state index contributed by atoms with van der Waals surface area (Å²) in [6.45, 7) is 8.83. The molecule has 0 bridgehead atoms. The van der Waals surface area contributed by atoms with Gasteiger partial charge in [0.2, 0.25) is 9.04 Å². The van der Waals surface area contributed by atoms with Crippen LogP contribution in [-0.2, 0) is 5.41 Å². The van der Waals surface area contributed by atoms with Crippen LogP contribution in [-0.4, -0.2) is 20.8 Å². The van der Waals surface area contributed by atoms with Crippen molar-refractivity contribution in [1.29, 1.82) is 0 Å². The van der Waals surface area contributed by atoms with Crippen LogP contribution in [0.2, 0.25) is 13.1 Å². The Morgan fingerprint density at radius 1 is 1.25 bits per heavy atom. The van der Waals surface area contributed by atoms with Crippen LogP contribution < -0.4 is 4.43 Å². The maximum atomic E-state index is 9.10. The lowest BCUT2D eigenvalue weighted by atomic mass is 9.81. The van der Waals surface area contributed by atoms with Gasteiger partial charge in [-0.1, -0.05) is 32.0 Å². The minimum atomic E-state index is -1.08. The van der Waals surface area contributed by atoms with Crippen LogP contribution in [0.5, 0.6) is 5.75 Å². The van der Waals surface area contributed by atoms with E-state index in [-0.39, 0.29) is 12.0 Å². The van der Waals surface area contributed by atoms with Crippen molar-refractivity contribution in [3.8, 4) is 5.75 Å². The highest BCUT2D eigenvalue weighted by molar-refractivity contribution is 6.49. The average molecular weight is 238 g/mol. The van der Waals surface area contributed by atoms with Crippen molar-refractivity contribution in [2.24, 2.45) is 0 Å². The Morgan fingerprint density at radius 2 is 1.88 bits per heavy atom. The molecule has 0 radical (unpaired) electrons. The first-order chi connectivity index (χ1) is 7.47. The van der Waals surface area contributed by atoms with Crippen molar-refractivity contribution in [1.82, 2.24) is 0 Å². The maximum absolute atomic E-state index is 9.10. The lowest BCUT2D eigenvalue weighted by Crippen LogP contribution is -2.22. The summed E-state index contributed by atoms with van der Waals surface area (Å²) in [4.78, 5) is 0. The number of aliphatic hydroxyl groups is 1. The average Bonchev–Trinajstić information content (AvgIpc) is 2.17. The van der Waals surface area contributed by atoms with Crippen molar-refractivity contribution in [2.45, 2.75) is 38.8 Å². The number of hydrogen-bond acceptors (Lipinski definition) is 2. The zero-order chi connectivity index (χ0) is 12.2. The van der Waals surface area contributed by atoms with E-state index < -0.39 is 9.04 Å². The van der Waals surface area contributed by atoms with Crippen LogP contribution in [0.1, 0.15) is 25.8 Å². The first-order valence-electron chi connectivity index (χ1n) is 5.84. The number of aliphatic hydroxyl groups excluding tert-OH is 1. The summed E-state index contributed by atoms with van der Waals surface area (Å²) in [5, 5.41) is 9.10. The summed E-state index contributed by atoms with van der Waals surface area (Å²) in [6.07, 6.45) is 0.757. The SMILES string of the molecule is C[SiH](C)Oc1ccccc1C(C)(C)CCO. The van der Waals surface area contributed by atoms with Crippen LogP contribution in [0.3, 0.4) is 0 Å². The molecule has 0 aliphatic rings. The Balaban J connectivity index is 3.02. The number of hydrogen-bond donors (Lipinski definition) is 1. The van der Waals surface area contributed by atoms with E-state index in [9.17, 15) is 0 Å². The largest absolute Gasteiger partial charge is 0.547 e. The molecule has 1 N–H and O–H groups in total. The fraction of sp³-hybridized carbons (Fsp3) is 0.538. The molecule has 0 spiro atoms. The van der Waals surface area contributed by atoms with Crippen LogP contribution in [0, 0.1) is 0 Å². The zero-order valence-corrected chi connectivity index (χ0v) is 11.8. The summed E-state index contributed by atoms with van der Waals surface area (Å²) in [7, 11) is -1.08. The first-order valence-corrected chi connectivity index (χ1v) is 8.62. The standard InChI is InChI=1S/C13H22O2Si/c1-13(2,9-10-14)11-7-5-6-8-12(11)15-16(3)4/h5-8,14,16H,9-10H2,1-4H3. The summed E-state index contributed by atoms with van der Waals surface area (Å²) >= 11 is 0. The molecule has 16 heavy (non-hydrogen) atoms. The molecule has 0 atom stereocenters. The third kappa shape index (κ3) is 3.35. The first kappa shape index (κ1) is 13.3. The van der Waals surface area contributed by atoms with Gasteiger partial charge in [0, 0.05) is 6.61 Å². The van der Waals surface area contributed by atoms with Gasteiger partial charge in [0.25, 0.3) is 0 Å². The van der Waals surface area contributed by atoms with Crippen LogP contribution >= 0.6 is 0 Å². The molecule has 0 saturated carbocycles. The second-order valence-electron chi connectivity index (χ2n) is 5.02. The van der Waals surface area contributed by atoms with Crippen LogP contribution in [0.4, 0.5) is 0 Å². The lowest BCUT2D eigenvalue weighted by Gasteiger charge is -2.27. The second kappa shape index (κ2) is 5.50. The molecule has 0 saturated heterocycles. The molecule has 0 unspecified atom stereocenters. The van der Waals surface area contributed by atoms with Crippen molar-refractivity contribution in [3.63, 3.8) is 0 Å². The van der Waals surface area contributed by atoms with Crippen LogP contribution in [0.15, 0.2) is 24.3 Å². The van der Waals surface area contributed by atoms with E-state index in [2.05, 4.69) is 33.0 Å². The monoisotopic (exact) mass is 238 g/mol. The Kier molecular flexibility index (Phi) is 4.56. The minimum absolute atomic E-state index is 0.0331. The normalized spacial score (nSPS) is 11.9. The molecular formula is C13H22O2Si. The van der Waals surface area contributed by atoms with E-state index in [1.165, 1.54) is 5.56 Å². The number of benzene rings is 1. The molecule has 0 amide bonds. The van der Waals surface area contributed by atoms with Crippen molar-refractivity contribution in [2.75, 3.05) is 6.61 Å². The number of para-hydroxylation sites is 1. The zero-order valence-electron chi connectivity index (χ0n) is 10.7. The highest BCUT2D eigenvalue weighted by atomic mass is 28.3. The van der Waals surface area contributed by atoms with Gasteiger partial charge in [-0.15, -0.1) is 0 Å². The summed E-state index contributed by atoms with van der Waals surface area (Å²) in [5.41, 5.74) is 1.17. The predicted octanol–water partition coefficient (Wildman–Crippen LogP) is 2.71. The van der Waals surface area contributed by atoms with E-state index in [0.717, 1.165) is 12.2 Å². The fourth-order valence-electron chi connectivity index (χ4n) is 1.80. The van der Waals surface area contributed by atoms with Gasteiger partial charge in [-0.25, -0.2) is 0 Å². The van der Waals surface area contributed by atoms with Gasteiger partial charge in [0.1, 0.15) is 5.75 Å². The summed E-state index contributed by atoms with van der Waals surface area (Å²) in [5.74, 6) is 0.989. The third-order valence-corrected chi connectivity index (χ3v) is 3.44. The molecule has 1 aromatic carbocycles. The van der Waals surface area contributed by atoms with Gasteiger partial charge in [-0.3, -0.25) is 0 Å². The Hall–Kier alpha value is -0.803. The van der Waals surface area contributed by atoms with Gasteiger partial charge >= 0.3 is 0 Å². The fourth-order valence-corrected chi connectivity index (χ4v) is 2.51. The molecule has 0 heterocycles. The Labute approximate surface area is 100.0 Å². The molecule has 2 nitrogen and oxygen atoms in total. The summed E-state index contributed by atoms with van der Waals surface area (Å²) in [6, 6.07) is 8.16. The third-order valence-electron chi connectivity index (χ3n) is 2.72. The van der Waals surface area contributed by atoms with Gasteiger partial charge in [-0.05, 0) is 36.6 Å². The lowest BCUT2D eigenvalue weighted by molar-refractivity contribution is 0.251. The molecule has 0 aliphatic carbocycles. The molecule has 1 aromatic rings. The highest BCUT2D eigenvalue weighted by Crippen LogP contribution is 2.34. The quantitative estimate of drug-likeness (QED) is 0.799. The highest BCUT2D eigenvalue weighted by Gasteiger charge is 2.23. The minimum Gasteiger partial charge on any atom is -0.547 e. The molecule has 90 valence electrons. The van der Waals surface area contributed by atoms with Gasteiger partial charge in [0.05, 0.1) is 0 Å². The topological polar surface area (TPSA) is 29.5 Å². The van der Waals surface area contributed by atoms with Crippen molar-refractivity contribution >= 4 is 9.04 Å². The Bertz CT molecular complexity index is 334. The molecule has 0 aromatic heterocycles. The molecular weight excluding hydrogens is 216 g/mol. The van der Waals surface area contributed by atoms with Crippen molar-refractivity contribution in [3.05, 3.63) is 29.8 Å². The molecule has 1 rings (SSSR count). The number of rotatable bonds is 5. The van der Waals surface area contributed by atoms with Crippen LogP contribution in [0.25, 0.3) is 0 Å². The smallest absolute Gasteiger partial charge is 0.229 e. The van der Waals surface area contributed by atoms with Crippen molar-refractivity contribution < 1.29 is 9.53 Å². The maximum Gasteiger partial charge on any atom is 0.229 e.